The predicted octanol–water partition coefficient (Wildman–Crippen LogP) is 3.81. The Morgan fingerprint density at radius 3 is 2.40 bits per heavy atom. The molecular formula is C20H26FN3O. The van der Waals surface area contributed by atoms with Gasteiger partial charge >= 0.3 is 0 Å². The molecule has 0 saturated heterocycles. The summed E-state index contributed by atoms with van der Waals surface area (Å²) in [4.78, 5) is 18.9. The number of anilines is 1. The van der Waals surface area contributed by atoms with E-state index in [1.165, 1.54) is 12.1 Å². The van der Waals surface area contributed by atoms with E-state index in [0.29, 0.717) is 5.82 Å². The summed E-state index contributed by atoms with van der Waals surface area (Å²) >= 11 is 0. The van der Waals surface area contributed by atoms with Crippen molar-refractivity contribution in [1.29, 1.82) is 0 Å². The number of aryl methyl sites for hydroxylation is 1. The summed E-state index contributed by atoms with van der Waals surface area (Å²) in [5.41, 5.74) is 2.11. The molecule has 0 bridgehead atoms. The molecule has 0 saturated carbocycles. The van der Waals surface area contributed by atoms with Crippen molar-refractivity contribution < 1.29 is 9.18 Å². The van der Waals surface area contributed by atoms with E-state index in [1.807, 2.05) is 19.9 Å². The molecule has 1 N–H and O–H groups in total. The zero-order valence-electron chi connectivity index (χ0n) is 15.3. The first-order valence-corrected chi connectivity index (χ1v) is 8.60. The van der Waals surface area contributed by atoms with Gasteiger partial charge in [-0.2, -0.15) is 0 Å². The van der Waals surface area contributed by atoms with Gasteiger partial charge in [0, 0.05) is 18.8 Å². The van der Waals surface area contributed by atoms with Crippen LogP contribution < -0.4 is 5.32 Å². The third kappa shape index (κ3) is 5.64. The van der Waals surface area contributed by atoms with Crippen molar-refractivity contribution in [1.82, 2.24) is 9.88 Å². The van der Waals surface area contributed by atoms with E-state index >= 15 is 0 Å². The van der Waals surface area contributed by atoms with Gasteiger partial charge in [-0.25, -0.2) is 9.37 Å². The highest BCUT2D eigenvalue weighted by Crippen LogP contribution is 2.12. The molecule has 0 fully saturated rings. The minimum atomic E-state index is -0.288. The van der Waals surface area contributed by atoms with Crippen molar-refractivity contribution in [3.8, 4) is 0 Å². The highest BCUT2D eigenvalue weighted by Gasteiger charge is 2.23. The third-order valence-electron chi connectivity index (χ3n) is 4.27. The SMILES string of the molecule is Cc1ccc(NC(=O)C(C)N(CCc2ccc(F)cc2)C(C)C)nc1. The molecule has 1 amide bonds. The fourth-order valence-corrected chi connectivity index (χ4v) is 2.73. The minimum Gasteiger partial charge on any atom is -0.309 e. The Bertz CT molecular complexity index is 683. The average Bonchev–Trinajstić information content (AvgIpc) is 2.58. The monoisotopic (exact) mass is 343 g/mol. The van der Waals surface area contributed by atoms with Crippen molar-refractivity contribution >= 4 is 11.7 Å². The van der Waals surface area contributed by atoms with E-state index in [1.54, 1.807) is 24.4 Å². The van der Waals surface area contributed by atoms with Gasteiger partial charge in [0.1, 0.15) is 11.6 Å². The van der Waals surface area contributed by atoms with Crippen LogP contribution in [0, 0.1) is 12.7 Å². The lowest BCUT2D eigenvalue weighted by Gasteiger charge is -2.31. The van der Waals surface area contributed by atoms with Gasteiger partial charge in [0.05, 0.1) is 6.04 Å². The zero-order valence-corrected chi connectivity index (χ0v) is 15.3. The molecule has 1 heterocycles. The molecule has 0 aliphatic rings. The van der Waals surface area contributed by atoms with Gasteiger partial charge in [0.25, 0.3) is 0 Å². The Morgan fingerprint density at radius 2 is 1.84 bits per heavy atom. The first-order valence-electron chi connectivity index (χ1n) is 8.60. The van der Waals surface area contributed by atoms with Crippen molar-refractivity contribution in [3.05, 3.63) is 59.5 Å². The molecule has 25 heavy (non-hydrogen) atoms. The smallest absolute Gasteiger partial charge is 0.242 e. The lowest BCUT2D eigenvalue weighted by atomic mass is 10.1. The van der Waals surface area contributed by atoms with Gasteiger partial charge in [-0.1, -0.05) is 18.2 Å². The van der Waals surface area contributed by atoms with Crippen LogP contribution >= 0.6 is 0 Å². The van der Waals surface area contributed by atoms with Crippen LogP contribution in [0.3, 0.4) is 0 Å². The van der Waals surface area contributed by atoms with Gasteiger partial charge in [-0.05, 0) is 63.4 Å². The highest BCUT2D eigenvalue weighted by atomic mass is 19.1. The highest BCUT2D eigenvalue weighted by molar-refractivity contribution is 5.93. The van der Waals surface area contributed by atoms with Gasteiger partial charge in [-0.3, -0.25) is 9.69 Å². The van der Waals surface area contributed by atoms with Crippen LogP contribution in [-0.4, -0.2) is 34.4 Å². The maximum Gasteiger partial charge on any atom is 0.242 e. The van der Waals surface area contributed by atoms with E-state index in [0.717, 1.165) is 24.1 Å². The molecule has 134 valence electrons. The number of aromatic nitrogens is 1. The van der Waals surface area contributed by atoms with Crippen LogP contribution in [0.4, 0.5) is 10.2 Å². The van der Waals surface area contributed by atoms with Crippen molar-refractivity contribution in [3.63, 3.8) is 0 Å². The Morgan fingerprint density at radius 1 is 1.16 bits per heavy atom. The van der Waals surface area contributed by atoms with Crippen molar-refractivity contribution in [2.24, 2.45) is 0 Å². The Kier molecular flexibility index (Phi) is 6.65. The number of nitrogens with zero attached hydrogens (tertiary/aromatic N) is 2. The molecule has 1 aromatic heterocycles. The fraction of sp³-hybridized carbons (Fsp3) is 0.400. The second-order valence-electron chi connectivity index (χ2n) is 6.59. The van der Waals surface area contributed by atoms with Crippen LogP contribution in [0.15, 0.2) is 42.6 Å². The number of benzene rings is 1. The summed E-state index contributed by atoms with van der Waals surface area (Å²) in [6, 6.07) is 10.2. The Labute approximate surface area is 149 Å². The second-order valence-corrected chi connectivity index (χ2v) is 6.59. The number of hydrogen-bond donors (Lipinski definition) is 1. The molecule has 0 radical (unpaired) electrons. The largest absolute Gasteiger partial charge is 0.309 e. The van der Waals surface area contributed by atoms with E-state index in [9.17, 15) is 9.18 Å². The first-order chi connectivity index (χ1) is 11.9. The van der Waals surface area contributed by atoms with Crippen molar-refractivity contribution in [2.75, 3.05) is 11.9 Å². The first kappa shape index (κ1) is 19.1. The molecular weight excluding hydrogens is 317 g/mol. The molecule has 1 aromatic carbocycles. The number of amides is 1. The summed E-state index contributed by atoms with van der Waals surface area (Å²) in [6.45, 7) is 8.71. The van der Waals surface area contributed by atoms with Crippen LogP contribution in [0.2, 0.25) is 0 Å². The van der Waals surface area contributed by atoms with E-state index < -0.39 is 0 Å². The summed E-state index contributed by atoms with van der Waals surface area (Å²) in [7, 11) is 0. The second kappa shape index (κ2) is 8.72. The minimum absolute atomic E-state index is 0.0795. The molecule has 1 unspecified atom stereocenters. The Hall–Kier alpha value is -2.27. The number of carbonyl (C=O) groups excluding carboxylic acids is 1. The maximum absolute atomic E-state index is 13.0. The van der Waals surface area contributed by atoms with E-state index in [4.69, 9.17) is 0 Å². The number of nitrogens with one attached hydrogen (secondary N) is 1. The molecule has 0 aliphatic heterocycles. The normalized spacial score (nSPS) is 12.4. The number of carbonyl (C=O) groups is 1. The van der Waals surface area contributed by atoms with E-state index in [-0.39, 0.29) is 23.8 Å². The van der Waals surface area contributed by atoms with Crippen LogP contribution in [0.5, 0.6) is 0 Å². The lowest BCUT2D eigenvalue weighted by Crippen LogP contribution is -2.46. The molecule has 2 aromatic rings. The summed E-state index contributed by atoms with van der Waals surface area (Å²) in [6.07, 6.45) is 2.49. The molecule has 2 rings (SSSR count). The topological polar surface area (TPSA) is 45.2 Å². The van der Waals surface area contributed by atoms with Gasteiger partial charge in [0.15, 0.2) is 0 Å². The predicted molar refractivity (Wildman–Crippen MR) is 99.0 cm³/mol. The standard InChI is InChI=1S/C20H26FN3O/c1-14(2)24(12-11-17-6-8-18(21)9-7-17)16(4)20(25)23-19-10-5-15(3)13-22-19/h5-10,13-14,16H,11-12H2,1-4H3,(H,22,23,25). The van der Waals surface area contributed by atoms with Gasteiger partial charge < -0.3 is 5.32 Å². The summed E-state index contributed by atoms with van der Waals surface area (Å²) < 4.78 is 13.0. The molecule has 4 nitrogen and oxygen atoms in total. The summed E-state index contributed by atoms with van der Waals surface area (Å²) in [5.74, 6) is 0.247. The Balaban J connectivity index is 1.98. The fourth-order valence-electron chi connectivity index (χ4n) is 2.73. The number of pyridine rings is 1. The van der Waals surface area contributed by atoms with Crippen LogP contribution in [0.25, 0.3) is 0 Å². The maximum atomic E-state index is 13.0. The quantitative estimate of drug-likeness (QED) is 0.831. The lowest BCUT2D eigenvalue weighted by molar-refractivity contribution is -0.121. The van der Waals surface area contributed by atoms with Gasteiger partial charge in [0.2, 0.25) is 5.91 Å². The number of hydrogen-bond acceptors (Lipinski definition) is 3. The van der Waals surface area contributed by atoms with Crippen molar-refractivity contribution in [2.45, 2.75) is 46.2 Å². The molecule has 5 heteroatoms. The van der Waals surface area contributed by atoms with E-state index in [2.05, 4.69) is 29.0 Å². The number of halogens is 1. The molecule has 0 aliphatic carbocycles. The summed E-state index contributed by atoms with van der Waals surface area (Å²) in [5, 5.41) is 2.87. The van der Waals surface area contributed by atoms with Crippen LogP contribution in [-0.2, 0) is 11.2 Å². The molecule has 0 spiro atoms. The van der Waals surface area contributed by atoms with Gasteiger partial charge in [-0.15, -0.1) is 0 Å². The zero-order chi connectivity index (χ0) is 18.4. The number of rotatable bonds is 7. The third-order valence-corrected chi connectivity index (χ3v) is 4.27. The average molecular weight is 343 g/mol. The molecule has 1 atom stereocenters. The van der Waals surface area contributed by atoms with Crippen LogP contribution in [0.1, 0.15) is 31.9 Å².